The van der Waals surface area contributed by atoms with Crippen molar-refractivity contribution >= 4 is 46.2 Å². The Balaban J connectivity index is 1.08. The van der Waals surface area contributed by atoms with Gasteiger partial charge in [0.25, 0.3) is 0 Å². The van der Waals surface area contributed by atoms with E-state index in [1.54, 1.807) is 24.3 Å². The lowest BCUT2D eigenvalue weighted by atomic mass is 10.0. The van der Waals surface area contributed by atoms with Gasteiger partial charge in [0.2, 0.25) is 5.91 Å². The molecule has 3 aliphatic heterocycles. The summed E-state index contributed by atoms with van der Waals surface area (Å²) >= 11 is 6.15. The molecule has 11 nitrogen and oxygen atoms in total. The van der Waals surface area contributed by atoms with Crippen molar-refractivity contribution in [2.45, 2.75) is 50.2 Å². The van der Waals surface area contributed by atoms with Gasteiger partial charge in [-0.05, 0) is 61.6 Å². The van der Waals surface area contributed by atoms with E-state index in [1.807, 2.05) is 12.1 Å². The quantitative estimate of drug-likeness (QED) is 0.257. The van der Waals surface area contributed by atoms with Gasteiger partial charge in [-0.2, -0.15) is 0 Å². The number of carbonyl (C=O) groups is 1. The molecule has 1 amide bonds. The topological polar surface area (TPSA) is 98.3 Å². The SMILES string of the molecule is C=CC(=O)Nc1cc(Nc2cc(N3OCCC3c3cc(F)cc(Cl)c3)ncn2)c(OC)cc1N1CCC(N2CCN(C3CC3)CC2)CC1. The summed E-state index contributed by atoms with van der Waals surface area (Å²) in [6.45, 7) is 10.5. The number of halogens is 2. The van der Waals surface area contributed by atoms with E-state index in [1.165, 1.54) is 50.5 Å². The number of nitrogens with zero attached hydrogens (tertiary/aromatic N) is 6. The lowest BCUT2D eigenvalue weighted by Gasteiger charge is -2.43. The van der Waals surface area contributed by atoms with Gasteiger partial charge in [-0.15, -0.1) is 0 Å². The van der Waals surface area contributed by atoms with E-state index < -0.39 is 5.82 Å². The molecule has 254 valence electrons. The van der Waals surface area contributed by atoms with Crippen LogP contribution in [0.25, 0.3) is 0 Å². The summed E-state index contributed by atoms with van der Waals surface area (Å²) in [5, 5.41) is 8.33. The maximum Gasteiger partial charge on any atom is 0.247 e. The maximum absolute atomic E-state index is 14.2. The number of amides is 1. The second kappa shape index (κ2) is 14.3. The maximum atomic E-state index is 14.2. The van der Waals surface area contributed by atoms with E-state index in [0.717, 1.165) is 50.7 Å². The van der Waals surface area contributed by atoms with Crippen LogP contribution >= 0.6 is 11.6 Å². The number of piperazine rings is 1. The zero-order valence-electron chi connectivity index (χ0n) is 27.2. The molecule has 3 aromatic rings. The molecule has 1 aromatic heterocycles. The number of anilines is 5. The Bertz CT molecular complexity index is 1620. The minimum absolute atomic E-state index is 0.271. The summed E-state index contributed by atoms with van der Waals surface area (Å²) in [6, 6.07) is 11.2. The van der Waals surface area contributed by atoms with Gasteiger partial charge in [-0.3, -0.25) is 19.4 Å². The highest BCUT2D eigenvalue weighted by Crippen LogP contribution is 2.41. The molecule has 2 aromatic carbocycles. The third kappa shape index (κ3) is 7.21. The number of ether oxygens (including phenoxy) is 1. The standard InChI is InChI=1S/C35H42ClFN8O3/c1-3-35(46)41-28-19-29(40-33-21-34(39-22-38-33)45-30(8-15-48-45)23-16-24(36)18-25(37)17-23)32(47-2)20-31(28)44-9-6-27(7-10-44)43-13-11-42(12-14-43)26-4-5-26/h3,16-22,26-27,30H,1,4-15H2,2H3,(H,41,46)(H,38,39,40). The predicted octanol–water partition coefficient (Wildman–Crippen LogP) is 5.78. The first kappa shape index (κ1) is 32.6. The molecule has 2 N–H and O–H groups in total. The fourth-order valence-corrected chi connectivity index (χ4v) is 7.43. The monoisotopic (exact) mass is 676 g/mol. The first-order valence-electron chi connectivity index (χ1n) is 16.7. The predicted molar refractivity (Wildman–Crippen MR) is 186 cm³/mol. The summed E-state index contributed by atoms with van der Waals surface area (Å²) in [7, 11) is 1.62. The lowest BCUT2D eigenvalue weighted by Crippen LogP contribution is -2.53. The van der Waals surface area contributed by atoms with Crippen LogP contribution in [0.15, 0.2) is 55.4 Å². The lowest BCUT2D eigenvalue weighted by molar-refractivity contribution is -0.111. The Hall–Kier alpha value is -3.97. The number of piperidine rings is 1. The van der Waals surface area contributed by atoms with Crippen molar-refractivity contribution in [3.8, 4) is 5.75 Å². The second-order valence-corrected chi connectivity index (χ2v) is 13.3. The van der Waals surface area contributed by atoms with Crippen molar-refractivity contribution in [1.29, 1.82) is 0 Å². The van der Waals surface area contributed by atoms with Gasteiger partial charge in [0.15, 0.2) is 5.82 Å². The van der Waals surface area contributed by atoms with E-state index >= 15 is 0 Å². The highest BCUT2D eigenvalue weighted by molar-refractivity contribution is 6.30. The number of carbonyl (C=O) groups excluding carboxylic acids is 1. The van der Waals surface area contributed by atoms with Gasteiger partial charge in [-0.1, -0.05) is 18.2 Å². The molecule has 7 rings (SSSR count). The molecule has 4 aliphatic rings. The fourth-order valence-electron chi connectivity index (χ4n) is 7.20. The molecule has 1 atom stereocenters. The molecule has 4 heterocycles. The van der Waals surface area contributed by atoms with Crippen molar-refractivity contribution in [2.24, 2.45) is 0 Å². The highest BCUT2D eigenvalue weighted by Gasteiger charge is 2.34. The molecule has 1 saturated carbocycles. The first-order valence-corrected chi connectivity index (χ1v) is 17.1. The summed E-state index contributed by atoms with van der Waals surface area (Å²) in [5.74, 6) is 0.888. The molecule has 4 fully saturated rings. The summed E-state index contributed by atoms with van der Waals surface area (Å²) < 4.78 is 20.0. The highest BCUT2D eigenvalue weighted by atomic mass is 35.5. The van der Waals surface area contributed by atoms with Crippen LogP contribution in [-0.4, -0.2) is 90.7 Å². The van der Waals surface area contributed by atoms with Gasteiger partial charge in [0, 0.05) is 74.9 Å². The number of aromatic nitrogens is 2. The molecule has 1 aliphatic carbocycles. The smallest absolute Gasteiger partial charge is 0.247 e. The normalized spacial score (nSPS) is 20.9. The molecule has 0 bridgehead atoms. The van der Waals surface area contributed by atoms with Gasteiger partial charge in [0.1, 0.15) is 23.7 Å². The number of hydrogen-bond donors (Lipinski definition) is 2. The van der Waals surface area contributed by atoms with Gasteiger partial charge in [0.05, 0.1) is 36.8 Å². The van der Waals surface area contributed by atoms with Crippen LogP contribution in [0.2, 0.25) is 5.02 Å². The van der Waals surface area contributed by atoms with E-state index in [4.69, 9.17) is 21.2 Å². The third-order valence-electron chi connectivity index (χ3n) is 9.81. The number of benzene rings is 2. The third-order valence-corrected chi connectivity index (χ3v) is 10.0. The summed E-state index contributed by atoms with van der Waals surface area (Å²) in [6.07, 6.45) is 8.20. The number of nitrogens with one attached hydrogen (secondary N) is 2. The van der Waals surface area contributed by atoms with E-state index in [2.05, 4.69) is 41.9 Å². The van der Waals surface area contributed by atoms with Crippen LogP contribution in [0.5, 0.6) is 5.75 Å². The molecular formula is C35H42ClFN8O3. The average Bonchev–Trinajstić information content (AvgIpc) is 3.83. The summed E-state index contributed by atoms with van der Waals surface area (Å²) in [5.41, 5.74) is 2.87. The molecule has 0 radical (unpaired) electrons. The van der Waals surface area contributed by atoms with Crippen LogP contribution < -0.4 is 25.3 Å². The van der Waals surface area contributed by atoms with Crippen molar-refractivity contribution in [2.75, 3.05) is 73.6 Å². The Morgan fingerprint density at radius 2 is 1.69 bits per heavy atom. The number of rotatable bonds is 10. The molecule has 0 spiro atoms. The molecular weight excluding hydrogens is 635 g/mol. The van der Waals surface area contributed by atoms with E-state index in [9.17, 15) is 9.18 Å². The van der Waals surface area contributed by atoms with Crippen LogP contribution in [0.1, 0.15) is 43.7 Å². The van der Waals surface area contributed by atoms with Gasteiger partial charge < -0.3 is 20.3 Å². The van der Waals surface area contributed by atoms with E-state index in [-0.39, 0.29) is 11.9 Å². The zero-order chi connectivity index (χ0) is 33.2. The van der Waals surface area contributed by atoms with Gasteiger partial charge in [-0.25, -0.2) is 19.4 Å². The summed E-state index contributed by atoms with van der Waals surface area (Å²) in [4.78, 5) is 35.0. The van der Waals surface area contributed by atoms with Crippen molar-refractivity contribution in [3.05, 3.63) is 71.8 Å². The average molecular weight is 677 g/mol. The molecule has 48 heavy (non-hydrogen) atoms. The van der Waals surface area contributed by atoms with Crippen LogP contribution in [0.3, 0.4) is 0 Å². The zero-order valence-corrected chi connectivity index (χ0v) is 28.0. The number of hydrogen-bond acceptors (Lipinski definition) is 10. The first-order chi connectivity index (χ1) is 23.4. The largest absolute Gasteiger partial charge is 0.494 e. The van der Waals surface area contributed by atoms with Crippen molar-refractivity contribution < 1.29 is 18.8 Å². The van der Waals surface area contributed by atoms with Crippen molar-refractivity contribution in [3.63, 3.8) is 0 Å². The van der Waals surface area contributed by atoms with Gasteiger partial charge >= 0.3 is 0 Å². The minimum atomic E-state index is -0.407. The second-order valence-electron chi connectivity index (χ2n) is 12.8. The number of methoxy groups -OCH3 is 1. The van der Waals surface area contributed by atoms with Crippen LogP contribution in [-0.2, 0) is 9.63 Å². The number of hydroxylamine groups is 1. The fraction of sp³-hybridized carbons (Fsp3) is 0.457. The van der Waals surface area contributed by atoms with E-state index in [0.29, 0.717) is 58.4 Å². The van der Waals surface area contributed by atoms with Crippen LogP contribution in [0, 0.1) is 5.82 Å². The Morgan fingerprint density at radius 1 is 0.958 bits per heavy atom. The molecule has 13 heteroatoms. The Labute approximate surface area is 285 Å². The van der Waals surface area contributed by atoms with Crippen LogP contribution in [0.4, 0.5) is 33.1 Å². The van der Waals surface area contributed by atoms with Crippen molar-refractivity contribution in [1.82, 2.24) is 19.8 Å². The minimum Gasteiger partial charge on any atom is -0.494 e. The Kier molecular flexibility index (Phi) is 9.67. The Morgan fingerprint density at radius 3 is 2.35 bits per heavy atom. The molecule has 3 saturated heterocycles. The molecule has 1 unspecified atom stereocenters.